The van der Waals surface area contributed by atoms with Crippen molar-refractivity contribution >= 4 is 17.5 Å². The number of nitrogens with two attached hydrogens (primary N) is 1. The van der Waals surface area contributed by atoms with E-state index in [1.54, 1.807) is 0 Å². The third-order valence-electron chi connectivity index (χ3n) is 5.68. The minimum Gasteiger partial charge on any atom is -0.375 e. The third-order valence-corrected chi connectivity index (χ3v) is 5.68. The zero-order valence-electron chi connectivity index (χ0n) is 18.7. The maximum Gasteiger partial charge on any atom is 0.253 e. The molecule has 0 bridgehead atoms. The van der Waals surface area contributed by atoms with Crippen LogP contribution in [0.15, 0.2) is 60.8 Å². The number of ether oxygens (including phenoxy) is 1. The Morgan fingerprint density at radius 1 is 1.06 bits per heavy atom. The Bertz CT molecular complexity index is 1130. The van der Waals surface area contributed by atoms with Gasteiger partial charge in [0, 0.05) is 31.5 Å². The number of primary amides is 1. The number of amides is 2. The van der Waals surface area contributed by atoms with Crippen LogP contribution in [-0.4, -0.2) is 41.5 Å². The van der Waals surface area contributed by atoms with Gasteiger partial charge in [-0.15, -0.1) is 0 Å². The smallest absolute Gasteiger partial charge is 0.253 e. The molecule has 0 unspecified atom stereocenters. The van der Waals surface area contributed by atoms with Crippen LogP contribution in [0.5, 0.6) is 0 Å². The lowest BCUT2D eigenvalue weighted by atomic mass is 10.0. The molecule has 2 aromatic carbocycles. The van der Waals surface area contributed by atoms with Crippen molar-refractivity contribution in [3.05, 3.63) is 89.0 Å². The first kappa shape index (κ1) is 22.6. The van der Waals surface area contributed by atoms with Gasteiger partial charge in [0.05, 0.1) is 11.3 Å². The average Bonchev–Trinajstić information content (AvgIpc) is 3.64. The molecular weight excluding hydrogens is 416 g/mol. The van der Waals surface area contributed by atoms with Crippen molar-refractivity contribution < 1.29 is 14.3 Å². The molecule has 0 radical (unpaired) electrons. The quantitative estimate of drug-likeness (QED) is 0.518. The molecule has 0 atom stereocenters. The Kier molecular flexibility index (Phi) is 7.10. The predicted octanol–water partition coefficient (Wildman–Crippen LogP) is 3.09. The summed E-state index contributed by atoms with van der Waals surface area (Å²) in [5.41, 5.74) is 9.58. The monoisotopic (exact) mass is 444 g/mol. The van der Waals surface area contributed by atoms with Gasteiger partial charge in [-0.3, -0.25) is 9.59 Å². The fourth-order valence-corrected chi connectivity index (χ4v) is 3.93. The molecule has 0 spiro atoms. The predicted molar refractivity (Wildman–Crippen MR) is 126 cm³/mol. The second-order valence-electron chi connectivity index (χ2n) is 8.27. The summed E-state index contributed by atoms with van der Waals surface area (Å²) in [5, 5.41) is 0. The minimum atomic E-state index is -0.525. The summed E-state index contributed by atoms with van der Waals surface area (Å²) in [4.78, 5) is 35.4. The van der Waals surface area contributed by atoms with E-state index in [0.29, 0.717) is 29.9 Å². The SMILES string of the molecule is COCC(=O)N(c1cccc(Cc2ncc(C(N)=O)c(CCc3ccccc3)n2)c1)C1CC1. The lowest BCUT2D eigenvalue weighted by Crippen LogP contribution is -2.35. The van der Waals surface area contributed by atoms with Gasteiger partial charge in [0.1, 0.15) is 12.4 Å². The number of anilines is 1. The molecule has 7 nitrogen and oxygen atoms in total. The van der Waals surface area contributed by atoms with Crippen LogP contribution in [0.3, 0.4) is 0 Å². The Hall–Kier alpha value is -3.58. The van der Waals surface area contributed by atoms with E-state index in [2.05, 4.69) is 9.97 Å². The van der Waals surface area contributed by atoms with E-state index in [1.165, 1.54) is 18.9 Å². The second-order valence-corrected chi connectivity index (χ2v) is 8.27. The number of hydrogen-bond acceptors (Lipinski definition) is 5. The fourth-order valence-electron chi connectivity index (χ4n) is 3.93. The lowest BCUT2D eigenvalue weighted by Gasteiger charge is -2.23. The van der Waals surface area contributed by atoms with Crippen molar-refractivity contribution in [1.29, 1.82) is 0 Å². The maximum atomic E-state index is 12.6. The van der Waals surface area contributed by atoms with Gasteiger partial charge >= 0.3 is 0 Å². The summed E-state index contributed by atoms with van der Waals surface area (Å²) in [7, 11) is 1.53. The van der Waals surface area contributed by atoms with E-state index >= 15 is 0 Å². The van der Waals surface area contributed by atoms with Gasteiger partial charge in [-0.25, -0.2) is 9.97 Å². The second kappa shape index (κ2) is 10.4. The molecule has 1 aliphatic carbocycles. The van der Waals surface area contributed by atoms with Crippen LogP contribution in [0.25, 0.3) is 0 Å². The number of methoxy groups -OCH3 is 1. The summed E-state index contributed by atoms with van der Waals surface area (Å²) >= 11 is 0. The van der Waals surface area contributed by atoms with Crippen LogP contribution in [0.2, 0.25) is 0 Å². The average molecular weight is 445 g/mol. The Balaban J connectivity index is 1.54. The Morgan fingerprint density at radius 2 is 1.82 bits per heavy atom. The highest BCUT2D eigenvalue weighted by Crippen LogP contribution is 2.32. The highest BCUT2D eigenvalue weighted by Gasteiger charge is 2.33. The van der Waals surface area contributed by atoms with E-state index in [1.807, 2.05) is 59.5 Å². The van der Waals surface area contributed by atoms with Crippen molar-refractivity contribution in [2.45, 2.75) is 38.1 Å². The highest BCUT2D eigenvalue weighted by atomic mass is 16.5. The number of nitrogens with zero attached hydrogens (tertiary/aromatic N) is 3. The van der Waals surface area contributed by atoms with Gasteiger partial charge in [-0.1, -0.05) is 42.5 Å². The van der Waals surface area contributed by atoms with Crippen molar-refractivity contribution in [2.75, 3.05) is 18.6 Å². The number of rotatable bonds is 10. The molecule has 0 saturated heterocycles. The molecular formula is C26H28N4O3. The fraction of sp³-hybridized carbons (Fsp3) is 0.308. The van der Waals surface area contributed by atoms with Gasteiger partial charge in [0.2, 0.25) is 0 Å². The molecule has 2 N–H and O–H groups in total. The first-order valence-corrected chi connectivity index (χ1v) is 11.1. The van der Waals surface area contributed by atoms with Gasteiger partial charge < -0.3 is 15.4 Å². The number of hydrogen-bond donors (Lipinski definition) is 1. The number of aromatic nitrogens is 2. The lowest BCUT2D eigenvalue weighted by molar-refractivity contribution is -0.122. The van der Waals surface area contributed by atoms with Crippen molar-refractivity contribution in [1.82, 2.24) is 9.97 Å². The molecule has 1 aliphatic rings. The van der Waals surface area contributed by atoms with E-state index < -0.39 is 5.91 Å². The summed E-state index contributed by atoms with van der Waals surface area (Å²) in [5.74, 6) is 0.0483. The van der Waals surface area contributed by atoms with Gasteiger partial charge in [0.25, 0.3) is 11.8 Å². The molecule has 33 heavy (non-hydrogen) atoms. The molecule has 1 heterocycles. The topological polar surface area (TPSA) is 98.4 Å². The highest BCUT2D eigenvalue weighted by molar-refractivity contribution is 5.95. The van der Waals surface area contributed by atoms with E-state index in [-0.39, 0.29) is 18.6 Å². The van der Waals surface area contributed by atoms with Crippen molar-refractivity contribution in [2.24, 2.45) is 5.73 Å². The van der Waals surface area contributed by atoms with Crippen LogP contribution in [-0.2, 0) is 28.8 Å². The summed E-state index contributed by atoms with van der Waals surface area (Å²) in [6, 6.07) is 18.2. The third kappa shape index (κ3) is 5.81. The first-order valence-electron chi connectivity index (χ1n) is 11.1. The summed E-state index contributed by atoms with van der Waals surface area (Å²) in [6.07, 6.45) is 5.36. The minimum absolute atomic E-state index is 0.0394. The maximum absolute atomic E-state index is 12.6. The first-order chi connectivity index (χ1) is 16.0. The van der Waals surface area contributed by atoms with Crippen molar-refractivity contribution in [3.8, 4) is 0 Å². The molecule has 0 aliphatic heterocycles. The van der Waals surface area contributed by atoms with Gasteiger partial charge in [-0.05, 0) is 48.9 Å². The van der Waals surface area contributed by atoms with Crippen LogP contribution >= 0.6 is 0 Å². The molecule has 1 aromatic heterocycles. The Morgan fingerprint density at radius 3 is 2.52 bits per heavy atom. The van der Waals surface area contributed by atoms with Crippen LogP contribution in [0.1, 0.15) is 45.8 Å². The van der Waals surface area contributed by atoms with Gasteiger partial charge in [0.15, 0.2) is 0 Å². The molecule has 2 amide bonds. The number of carbonyl (C=O) groups excluding carboxylic acids is 2. The number of aryl methyl sites for hydroxylation is 2. The molecule has 1 fully saturated rings. The molecule has 170 valence electrons. The normalized spacial score (nSPS) is 13.0. The molecule has 3 aromatic rings. The molecule has 1 saturated carbocycles. The summed E-state index contributed by atoms with van der Waals surface area (Å²) in [6.45, 7) is 0.0587. The largest absolute Gasteiger partial charge is 0.375 e. The van der Waals surface area contributed by atoms with Gasteiger partial charge in [-0.2, -0.15) is 0 Å². The molecule has 7 heteroatoms. The van der Waals surface area contributed by atoms with Crippen LogP contribution in [0.4, 0.5) is 5.69 Å². The van der Waals surface area contributed by atoms with Crippen LogP contribution < -0.4 is 10.6 Å². The van der Waals surface area contributed by atoms with E-state index in [9.17, 15) is 9.59 Å². The van der Waals surface area contributed by atoms with Crippen molar-refractivity contribution in [3.63, 3.8) is 0 Å². The van der Waals surface area contributed by atoms with E-state index in [4.69, 9.17) is 10.5 Å². The summed E-state index contributed by atoms with van der Waals surface area (Å²) < 4.78 is 5.06. The van der Waals surface area contributed by atoms with E-state index in [0.717, 1.165) is 30.5 Å². The zero-order chi connectivity index (χ0) is 23.2. The number of benzene rings is 2. The number of carbonyl (C=O) groups is 2. The standard InChI is InChI=1S/C26H28N4O3/c1-33-17-25(31)30(20-11-12-20)21-9-5-8-19(14-21)15-24-28-16-22(26(27)32)23(29-24)13-10-18-6-3-2-4-7-18/h2-9,14,16,20H,10-13,15,17H2,1H3,(H2,27,32). The van der Waals surface area contributed by atoms with Crippen LogP contribution in [0, 0.1) is 0 Å². The molecule has 4 rings (SSSR count). The zero-order valence-corrected chi connectivity index (χ0v) is 18.7. The Labute approximate surface area is 193 Å².